The number of urea groups is 1. The summed E-state index contributed by atoms with van der Waals surface area (Å²) in [6.45, 7) is 6.45. The molecule has 118 valence electrons. The standard InChI is InChI=1S/C17H21ClN2O2/c1-16(2)12-7-8-17(3,22-16)14-13(12)20(14)15(21)19-11-6-4-5-10(18)9-11/h4-6,9,12-14H,7-8H2,1-3H3,(H,19,21)/t12-,13-,14+,17-,20?/m1/s1. The molecule has 1 saturated carbocycles. The third kappa shape index (κ3) is 1.97. The summed E-state index contributed by atoms with van der Waals surface area (Å²) in [7, 11) is 0. The van der Waals surface area contributed by atoms with E-state index in [1.165, 1.54) is 0 Å². The minimum absolute atomic E-state index is 0.0447. The minimum atomic E-state index is -0.214. The van der Waals surface area contributed by atoms with E-state index >= 15 is 0 Å². The van der Waals surface area contributed by atoms with E-state index in [0.717, 1.165) is 18.5 Å². The fourth-order valence-corrected chi connectivity index (χ4v) is 4.83. The van der Waals surface area contributed by atoms with Crippen molar-refractivity contribution < 1.29 is 9.53 Å². The highest BCUT2D eigenvalue weighted by Crippen LogP contribution is 2.60. The van der Waals surface area contributed by atoms with Crippen LogP contribution in [0.3, 0.4) is 0 Å². The number of nitrogens with one attached hydrogen (secondary N) is 1. The molecule has 3 heterocycles. The average molecular weight is 321 g/mol. The maximum absolute atomic E-state index is 12.6. The number of rotatable bonds is 1. The Morgan fingerprint density at radius 2 is 2.18 bits per heavy atom. The molecule has 3 aliphatic heterocycles. The lowest BCUT2D eigenvalue weighted by atomic mass is 9.69. The SMILES string of the molecule is CC1(C)O[C@]2(C)CC[C@@H]1[C@@H]1[C@@H]2N1C(=O)Nc1cccc(Cl)c1. The molecule has 0 spiro atoms. The minimum Gasteiger partial charge on any atom is -0.367 e. The number of fused-ring (bicyclic) bond motifs is 2. The van der Waals surface area contributed by atoms with Crippen LogP contribution in [0.1, 0.15) is 33.6 Å². The molecule has 4 aliphatic rings. The molecule has 3 saturated heterocycles. The van der Waals surface area contributed by atoms with Gasteiger partial charge in [-0.2, -0.15) is 0 Å². The number of nitrogens with zero attached hydrogens (tertiary/aromatic N) is 1. The Bertz CT molecular complexity index is 647. The largest absolute Gasteiger partial charge is 0.367 e. The van der Waals surface area contributed by atoms with Crippen molar-refractivity contribution in [1.82, 2.24) is 4.90 Å². The zero-order valence-electron chi connectivity index (χ0n) is 13.1. The quantitative estimate of drug-likeness (QED) is 0.797. The summed E-state index contributed by atoms with van der Waals surface area (Å²) < 4.78 is 6.32. The van der Waals surface area contributed by atoms with Crippen LogP contribution in [0.4, 0.5) is 10.5 Å². The molecule has 0 radical (unpaired) electrons. The second-order valence-corrected chi connectivity index (χ2v) is 7.88. The Kier molecular flexibility index (Phi) is 2.86. The van der Waals surface area contributed by atoms with Crippen LogP contribution in [-0.4, -0.2) is 34.2 Å². The van der Waals surface area contributed by atoms with E-state index < -0.39 is 0 Å². The monoisotopic (exact) mass is 320 g/mol. The van der Waals surface area contributed by atoms with E-state index in [1.54, 1.807) is 12.1 Å². The van der Waals surface area contributed by atoms with Gasteiger partial charge in [0.05, 0.1) is 23.3 Å². The van der Waals surface area contributed by atoms with Gasteiger partial charge in [-0.3, -0.25) is 0 Å². The highest BCUT2D eigenvalue weighted by atomic mass is 35.5. The molecule has 0 aromatic heterocycles. The second-order valence-electron chi connectivity index (χ2n) is 7.45. The molecular formula is C17H21ClN2O2. The predicted octanol–water partition coefficient (Wildman–Crippen LogP) is 3.90. The zero-order chi connectivity index (χ0) is 15.7. The van der Waals surface area contributed by atoms with Gasteiger partial charge in [0.25, 0.3) is 0 Å². The van der Waals surface area contributed by atoms with Gasteiger partial charge in [0, 0.05) is 16.6 Å². The fraction of sp³-hybridized carbons (Fsp3) is 0.588. The molecule has 4 nitrogen and oxygen atoms in total. The van der Waals surface area contributed by atoms with Crippen LogP contribution >= 0.6 is 11.6 Å². The summed E-state index contributed by atoms with van der Waals surface area (Å²) in [6, 6.07) is 7.73. The Morgan fingerprint density at radius 3 is 2.86 bits per heavy atom. The number of halogens is 1. The predicted molar refractivity (Wildman–Crippen MR) is 86.2 cm³/mol. The van der Waals surface area contributed by atoms with Crippen LogP contribution < -0.4 is 5.32 Å². The van der Waals surface area contributed by atoms with Gasteiger partial charge in [0.2, 0.25) is 0 Å². The molecule has 4 atom stereocenters. The third-order valence-corrected chi connectivity index (χ3v) is 5.78. The molecule has 0 unspecified atom stereocenters. The molecule has 4 fully saturated rings. The van der Waals surface area contributed by atoms with E-state index in [0.29, 0.717) is 17.0 Å². The lowest BCUT2D eigenvalue weighted by molar-refractivity contribution is -0.214. The number of likely N-dealkylation sites (tertiary alicyclic amines) is 1. The number of hydrogen-bond donors (Lipinski definition) is 1. The van der Waals surface area contributed by atoms with Crippen LogP contribution in [0.5, 0.6) is 0 Å². The highest BCUT2D eigenvalue weighted by molar-refractivity contribution is 6.30. The lowest BCUT2D eigenvalue weighted by Crippen LogP contribution is -2.58. The Morgan fingerprint density at radius 1 is 1.41 bits per heavy atom. The van der Waals surface area contributed by atoms with E-state index in [-0.39, 0.29) is 23.3 Å². The van der Waals surface area contributed by atoms with Crippen molar-refractivity contribution in [1.29, 1.82) is 0 Å². The zero-order valence-corrected chi connectivity index (χ0v) is 13.9. The normalized spacial score (nSPS) is 37.6. The van der Waals surface area contributed by atoms with Crippen molar-refractivity contribution in [3.05, 3.63) is 29.3 Å². The summed E-state index contributed by atoms with van der Waals surface area (Å²) in [5, 5.41) is 3.58. The van der Waals surface area contributed by atoms with Crippen molar-refractivity contribution in [2.45, 2.75) is 56.9 Å². The number of carbonyl (C=O) groups excluding carboxylic acids is 1. The molecular weight excluding hydrogens is 300 g/mol. The van der Waals surface area contributed by atoms with Crippen molar-refractivity contribution in [2.24, 2.45) is 5.92 Å². The lowest BCUT2D eigenvalue weighted by Gasteiger charge is -2.51. The first kappa shape index (κ1) is 14.3. The Hall–Kier alpha value is -1.26. The smallest absolute Gasteiger partial charge is 0.322 e. The van der Waals surface area contributed by atoms with Gasteiger partial charge in [-0.15, -0.1) is 0 Å². The first-order chi connectivity index (χ1) is 10.3. The van der Waals surface area contributed by atoms with E-state index in [4.69, 9.17) is 16.3 Å². The summed E-state index contributed by atoms with van der Waals surface area (Å²) in [5.41, 5.74) is 0.368. The second kappa shape index (κ2) is 4.39. The highest BCUT2D eigenvalue weighted by Gasteiger charge is 2.72. The van der Waals surface area contributed by atoms with Crippen molar-refractivity contribution in [3.63, 3.8) is 0 Å². The third-order valence-electron chi connectivity index (χ3n) is 5.54. The molecule has 22 heavy (non-hydrogen) atoms. The van der Waals surface area contributed by atoms with Crippen molar-refractivity contribution in [3.8, 4) is 0 Å². The maximum Gasteiger partial charge on any atom is 0.322 e. The molecule has 5 heteroatoms. The van der Waals surface area contributed by atoms with Crippen LogP contribution in [0.25, 0.3) is 0 Å². The van der Waals surface area contributed by atoms with Gasteiger partial charge >= 0.3 is 6.03 Å². The Balaban J connectivity index is 1.55. The number of ether oxygens (including phenoxy) is 1. The molecule has 1 aliphatic carbocycles. The number of hydrogen-bond acceptors (Lipinski definition) is 2. The van der Waals surface area contributed by atoms with Gasteiger partial charge in [-0.05, 0) is 51.8 Å². The fourth-order valence-electron chi connectivity index (χ4n) is 4.64. The van der Waals surface area contributed by atoms with E-state index in [1.807, 2.05) is 17.0 Å². The first-order valence-corrected chi connectivity index (χ1v) is 8.25. The number of anilines is 1. The van der Waals surface area contributed by atoms with Crippen LogP contribution in [0, 0.1) is 5.92 Å². The average Bonchev–Trinajstić information content (AvgIpc) is 3.14. The summed E-state index contributed by atoms with van der Waals surface area (Å²) >= 11 is 5.98. The van der Waals surface area contributed by atoms with Crippen molar-refractivity contribution in [2.75, 3.05) is 5.32 Å². The maximum atomic E-state index is 12.6. The molecule has 2 amide bonds. The van der Waals surface area contributed by atoms with Crippen LogP contribution in [-0.2, 0) is 4.74 Å². The topological polar surface area (TPSA) is 41.3 Å². The van der Waals surface area contributed by atoms with Crippen LogP contribution in [0.15, 0.2) is 24.3 Å². The van der Waals surface area contributed by atoms with E-state index in [2.05, 4.69) is 26.1 Å². The number of amides is 2. The molecule has 5 rings (SSSR count). The van der Waals surface area contributed by atoms with Crippen LogP contribution in [0.2, 0.25) is 5.02 Å². The van der Waals surface area contributed by atoms with Gasteiger partial charge in [-0.25, -0.2) is 4.79 Å². The van der Waals surface area contributed by atoms with E-state index in [9.17, 15) is 4.79 Å². The van der Waals surface area contributed by atoms with Crippen molar-refractivity contribution >= 4 is 23.3 Å². The summed E-state index contributed by atoms with van der Waals surface area (Å²) in [4.78, 5) is 14.6. The first-order valence-electron chi connectivity index (χ1n) is 7.87. The van der Waals surface area contributed by atoms with Gasteiger partial charge in [0.1, 0.15) is 0 Å². The molecule has 1 aromatic rings. The van der Waals surface area contributed by atoms with Gasteiger partial charge in [-0.1, -0.05) is 17.7 Å². The van der Waals surface area contributed by atoms with Gasteiger partial charge < -0.3 is 15.0 Å². The molecule has 1 aromatic carbocycles. The number of carbonyl (C=O) groups is 1. The Labute approximate surface area is 135 Å². The summed E-state index contributed by atoms with van der Waals surface area (Å²) in [5.74, 6) is 0.421. The van der Waals surface area contributed by atoms with Gasteiger partial charge in [0.15, 0.2) is 0 Å². The number of benzene rings is 1. The summed E-state index contributed by atoms with van der Waals surface area (Å²) in [6.07, 6.45) is 2.16. The molecule has 2 bridgehead atoms. The molecule has 1 N–H and O–H groups in total.